The van der Waals surface area contributed by atoms with Crippen molar-refractivity contribution in [2.75, 3.05) is 6.61 Å². The predicted octanol–water partition coefficient (Wildman–Crippen LogP) is 3.20. The summed E-state index contributed by atoms with van der Waals surface area (Å²) in [5.74, 6) is 0.923. The number of hydrogen-bond donors (Lipinski definition) is 1. The molecule has 0 fully saturated rings. The molecule has 0 aliphatic rings. The Morgan fingerprint density at radius 2 is 1.70 bits per heavy atom. The van der Waals surface area contributed by atoms with Crippen molar-refractivity contribution < 1.29 is 4.74 Å². The minimum Gasteiger partial charge on any atom is -0.493 e. The van der Waals surface area contributed by atoms with E-state index in [0.29, 0.717) is 12.6 Å². The van der Waals surface area contributed by atoms with Gasteiger partial charge in [0, 0.05) is 31.4 Å². The van der Waals surface area contributed by atoms with Crippen molar-refractivity contribution >= 4 is 0 Å². The Bertz CT molecular complexity index is 494. The number of nitrogens with zero attached hydrogens (tertiary/aromatic N) is 1. The summed E-state index contributed by atoms with van der Waals surface area (Å²) in [6.07, 6.45) is 4.52. The fraction of sp³-hybridized carbons (Fsp3) is 0.353. The van der Waals surface area contributed by atoms with E-state index in [9.17, 15) is 0 Å². The van der Waals surface area contributed by atoms with E-state index in [2.05, 4.69) is 36.3 Å². The predicted molar refractivity (Wildman–Crippen MR) is 81.9 cm³/mol. The van der Waals surface area contributed by atoms with Crippen LogP contribution in [0.1, 0.15) is 25.0 Å². The molecule has 2 rings (SSSR count). The first kappa shape index (κ1) is 14.5. The quantitative estimate of drug-likeness (QED) is 0.839. The lowest BCUT2D eigenvalue weighted by atomic mass is 10.2. The summed E-state index contributed by atoms with van der Waals surface area (Å²) in [7, 11) is 0. The third kappa shape index (κ3) is 5.02. The summed E-state index contributed by atoms with van der Waals surface area (Å²) in [6, 6.07) is 12.8. The molecule has 0 saturated carbocycles. The highest BCUT2D eigenvalue weighted by Gasteiger charge is 1.98. The van der Waals surface area contributed by atoms with Crippen molar-refractivity contribution in [1.82, 2.24) is 10.3 Å². The Balaban J connectivity index is 1.76. The van der Waals surface area contributed by atoms with Crippen LogP contribution in [-0.2, 0) is 13.0 Å². The zero-order valence-electron chi connectivity index (χ0n) is 12.2. The van der Waals surface area contributed by atoms with E-state index in [1.165, 1.54) is 11.1 Å². The van der Waals surface area contributed by atoms with E-state index < -0.39 is 0 Å². The lowest BCUT2D eigenvalue weighted by molar-refractivity contribution is 0.322. The zero-order chi connectivity index (χ0) is 14.2. The number of pyridine rings is 1. The lowest BCUT2D eigenvalue weighted by Crippen LogP contribution is -2.21. The van der Waals surface area contributed by atoms with Gasteiger partial charge >= 0.3 is 0 Å². The van der Waals surface area contributed by atoms with E-state index in [4.69, 9.17) is 4.74 Å². The highest BCUT2D eigenvalue weighted by Crippen LogP contribution is 2.12. The molecule has 0 radical (unpaired) electrons. The molecule has 0 bridgehead atoms. The maximum atomic E-state index is 5.75. The molecule has 1 aromatic carbocycles. The van der Waals surface area contributed by atoms with Gasteiger partial charge in [0.25, 0.3) is 0 Å². The Hall–Kier alpha value is -1.87. The molecule has 0 atom stereocenters. The van der Waals surface area contributed by atoms with Gasteiger partial charge in [0.2, 0.25) is 0 Å². The third-order valence-electron chi connectivity index (χ3n) is 3.05. The average molecular weight is 270 g/mol. The second-order valence-corrected chi connectivity index (χ2v) is 5.13. The van der Waals surface area contributed by atoms with Gasteiger partial charge in [-0.3, -0.25) is 4.98 Å². The largest absolute Gasteiger partial charge is 0.493 e. The molecule has 1 aromatic heterocycles. The molecule has 1 heterocycles. The Kier molecular flexibility index (Phi) is 5.56. The minimum atomic E-state index is 0.506. The molecule has 0 amide bonds. The second kappa shape index (κ2) is 7.65. The first-order chi connectivity index (χ1) is 9.74. The van der Waals surface area contributed by atoms with Gasteiger partial charge in [-0.25, -0.2) is 0 Å². The summed E-state index contributed by atoms with van der Waals surface area (Å²) in [5.41, 5.74) is 2.53. The standard InChI is InChI=1S/C17H22N2O/c1-14(2)19-13-16-3-5-17(6-4-16)20-12-9-15-7-10-18-11-8-15/h3-8,10-11,14,19H,9,12-13H2,1-2H3. The van der Waals surface area contributed by atoms with Crippen molar-refractivity contribution in [3.63, 3.8) is 0 Å². The molecule has 2 aromatic rings. The fourth-order valence-corrected chi connectivity index (χ4v) is 1.86. The van der Waals surface area contributed by atoms with Crippen LogP contribution >= 0.6 is 0 Å². The zero-order valence-corrected chi connectivity index (χ0v) is 12.2. The molecule has 3 heteroatoms. The van der Waals surface area contributed by atoms with Gasteiger partial charge in [0.05, 0.1) is 6.61 Å². The van der Waals surface area contributed by atoms with Crippen LogP contribution in [0.15, 0.2) is 48.8 Å². The molecule has 106 valence electrons. The second-order valence-electron chi connectivity index (χ2n) is 5.13. The van der Waals surface area contributed by atoms with Crippen LogP contribution in [0.5, 0.6) is 5.75 Å². The van der Waals surface area contributed by atoms with Crippen LogP contribution in [0.4, 0.5) is 0 Å². The lowest BCUT2D eigenvalue weighted by Gasteiger charge is -2.09. The van der Waals surface area contributed by atoms with Crippen molar-refractivity contribution in [2.24, 2.45) is 0 Å². The molecule has 0 saturated heterocycles. The topological polar surface area (TPSA) is 34.1 Å². The van der Waals surface area contributed by atoms with Gasteiger partial charge in [-0.15, -0.1) is 0 Å². The van der Waals surface area contributed by atoms with Crippen molar-refractivity contribution in [1.29, 1.82) is 0 Å². The highest BCUT2D eigenvalue weighted by molar-refractivity contribution is 5.27. The van der Waals surface area contributed by atoms with Crippen LogP contribution in [0.25, 0.3) is 0 Å². The maximum Gasteiger partial charge on any atom is 0.119 e. The normalized spacial score (nSPS) is 10.8. The molecule has 20 heavy (non-hydrogen) atoms. The van der Waals surface area contributed by atoms with Crippen molar-refractivity contribution in [2.45, 2.75) is 32.9 Å². The molecule has 0 spiro atoms. The van der Waals surface area contributed by atoms with Crippen LogP contribution < -0.4 is 10.1 Å². The summed E-state index contributed by atoms with van der Waals surface area (Å²) >= 11 is 0. The van der Waals surface area contributed by atoms with Gasteiger partial charge in [-0.2, -0.15) is 0 Å². The Morgan fingerprint density at radius 1 is 1.00 bits per heavy atom. The van der Waals surface area contributed by atoms with Crippen LogP contribution in [0.2, 0.25) is 0 Å². The Morgan fingerprint density at radius 3 is 2.35 bits per heavy atom. The summed E-state index contributed by atoms with van der Waals surface area (Å²) < 4.78 is 5.75. The van der Waals surface area contributed by atoms with E-state index in [1.807, 2.05) is 36.7 Å². The van der Waals surface area contributed by atoms with Gasteiger partial charge in [0.1, 0.15) is 5.75 Å². The molecule has 1 N–H and O–H groups in total. The monoisotopic (exact) mass is 270 g/mol. The first-order valence-electron chi connectivity index (χ1n) is 7.08. The molecule has 3 nitrogen and oxygen atoms in total. The minimum absolute atomic E-state index is 0.506. The molecular weight excluding hydrogens is 248 g/mol. The van der Waals surface area contributed by atoms with Crippen LogP contribution in [-0.4, -0.2) is 17.6 Å². The van der Waals surface area contributed by atoms with Gasteiger partial charge in [-0.05, 0) is 35.4 Å². The number of benzene rings is 1. The SMILES string of the molecule is CC(C)NCc1ccc(OCCc2ccncc2)cc1. The van der Waals surface area contributed by atoms with Gasteiger partial charge in [-0.1, -0.05) is 26.0 Å². The number of rotatable bonds is 7. The number of nitrogens with one attached hydrogen (secondary N) is 1. The third-order valence-corrected chi connectivity index (χ3v) is 3.05. The molecule has 0 aliphatic carbocycles. The number of ether oxygens (including phenoxy) is 1. The highest BCUT2D eigenvalue weighted by atomic mass is 16.5. The van der Waals surface area contributed by atoms with E-state index >= 15 is 0 Å². The summed E-state index contributed by atoms with van der Waals surface area (Å²) in [6.45, 7) is 5.88. The van der Waals surface area contributed by atoms with Crippen LogP contribution in [0.3, 0.4) is 0 Å². The summed E-state index contributed by atoms with van der Waals surface area (Å²) in [4.78, 5) is 4.00. The smallest absolute Gasteiger partial charge is 0.119 e. The van der Waals surface area contributed by atoms with E-state index in [1.54, 1.807) is 0 Å². The summed E-state index contributed by atoms with van der Waals surface area (Å²) in [5, 5.41) is 3.40. The molecule has 0 unspecified atom stereocenters. The first-order valence-corrected chi connectivity index (χ1v) is 7.08. The van der Waals surface area contributed by atoms with E-state index in [-0.39, 0.29) is 0 Å². The molecule has 0 aliphatic heterocycles. The average Bonchev–Trinajstić information content (AvgIpc) is 2.47. The van der Waals surface area contributed by atoms with Gasteiger partial charge in [0.15, 0.2) is 0 Å². The fourth-order valence-electron chi connectivity index (χ4n) is 1.86. The van der Waals surface area contributed by atoms with E-state index in [0.717, 1.165) is 18.7 Å². The Labute approximate surface area is 121 Å². The molecular formula is C17H22N2O. The maximum absolute atomic E-state index is 5.75. The number of aromatic nitrogens is 1. The van der Waals surface area contributed by atoms with Gasteiger partial charge < -0.3 is 10.1 Å². The number of hydrogen-bond acceptors (Lipinski definition) is 3. The van der Waals surface area contributed by atoms with Crippen LogP contribution in [0, 0.1) is 0 Å². The van der Waals surface area contributed by atoms with Crippen molar-refractivity contribution in [3.8, 4) is 5.75 Å². The van der Waals surface area contributed by atoms with Crippen molar-refractivity contribution in [3.05, 3.63) is 59.9 Å².